The zero-order valence-corrected chi connectivity index (χ0v) is 28.4. The Balaban J connectivity index is 1.12. The average molecular weight is 704 g/mol. The second-order valence-electron chi connectivity index (χ2n) is 13.6. The van der Waals surface area contributed by atoms with E-state index in [1.807, 2.05) is 29.2 Å². The summed E-state index contributed by atoms with van der Waals surface area (Å²) in [5.41, 5.74) is 6.18. The van der Waals surface area contributed by atoms with Crippen LogP contribution in [0.4, 0.5) is 29.3 Å². The second kappa shape index (κ2) is 15.1. The fourth-order valence-electron chi connectivity index (χ4n) is 7.82. The highest BCUT2D eigenvalue weighted by Crippen LogP contribution is 2.38. The molecule has 1 atom stereocenters. The van der Waals surface area contributed by atoms with Gasteiger partial charge in [0.25, 0.3) is 0 Å². The van der Waals surface area contributed by atoms with Gasteiger partial charge in [-0.15, -0.1) is 0 Å². The lowest BCUT2D eigenvalue weighted by molar-refractivity contribution is -0.143. The normalized spacial score (nSPS) is 20.8. The van der Waals surface area contributed by atoms with Gasteiger partial charge in [0.1, 0.15) is 0 Å². The van der Waals surface area contributed by atoms with E-state index in [9.17, 15) is 27.6 Å². The monoisotopic (exact) mass is 703 g/mol. The number of amides is 4. The first kappa shape index (κ1) is 35.3. The summed E-state index contributed by atoms with van der Waals surface area (Å²) >= 11 is 6.14. The molecule has 2 aromatic rings. The molecule has 4 N–H and O–H groups in total. The Morgan fingerprint density at radius 3 is 2.27 bits per heavy atom. The lowest BCUT2D eigenvalue weighted by Crippen LogP contribution is -2.53. The third kappa shape index (κ3) is 8.26. The van der Waals surface area contributed by atoms with Crippen molar-refractivity contribution in [1.29, 1.82) is 0 Å². The number of piperazine rings is 1. The van der Waals surface area contributed by atoms with E-state index in [0.717, 1.165) is 62.8 Å². The number of urea groups is 1. The predicted molar refractivity (Wildman–Crippen MR) is 182 cm³/mol. The van der Waals surface area contributed by atoms with Crippen LogP contribution in [0.5, 0.6) is 0 Å². The van der Waals surface area contributed by atoms with Gasteiger partial charge in [-0.3, -0.25) is 14.5 Å². The first-order valence-corrected chi connectivity index (χ1v) is 17.7. The van der Waals surface area contributed by atoms with Crippen LogP contribution in [0.15, 0.2) is 36.4 Å². The minimum absolute atomic E-state index is 0.0366. The van der Waals surface area contributed by atoms with Crippen LogP contribution in [-0.4, -0.2) is 108 Å². The van der Waals surface area contributed by atoms with Crippen molar-refractivity contribution in [1.82, 2.24) is 24.9 Å². The average Bonchev–Trinajstić information content (AvgIpc) is 3.27. The van der Waals surface area contributed by atoms with Crippen molar-refractivity contribution in [3.8, 4) is 0 Å². The first-order chi connectivity index (χ1) is 23.5. The maximum Gasteiger partial charge on any atom is 0.418 e. The van der Waals surface area contributed by atoms with Crippen LogP contribution in [-0.2, 0) is 28.6 Å². The van der Waals surface area contributed by atoms with Crippen LogP contribution in [0.25, 0.3) is 0 Å². The molecule has 4 aliphatic rings. The Labute approximate surface area is 290 Å². The molecule has 0 aromatic heterocycles. The molecule has 0 aliphatic carbocycles. The van der Waals surface area contributed by atoms with Crippen molar-refractivity contribution < 1.29 is 27.6 Å². The summed E-state index contributed by atoms with van der Waals surface area (Å²) in [4.78, 5) is 48.7. The summed E-state index contributed by atoms with van der Waals surface area (Å²) in [6.45, 7) is 6.26. The number of rotatable bonds is 7. The van der Waals surface area contributed by atoms with E-state index in [1.54, 1.807) is 9.80 Å². The Hall–Kier alpha value is -3.55. The van der Waals surface area contributed by atoms with E-state index < -0.39 is 23.3 Å². The van der Waals surface area contributed by atoms with E-state index in [2.05, 4.69) is 15.5 Å². The zero-order chi connectivity index (χ0) is 34.7. The fourth-order valence-corrected chi connectivity index (χ4v) is 8.06. The topological polar surface area (TPSA) is 114 Å². The Kier molecular flexibility index (Phi) is 10.9. The smallest absolute Gasteiger partial charge is 0.397 e. The number of hydrogen-bond donors (Lipinski definition) is 3. The molecule has 3 saturated heterocycles. The van der Waals surface area contributed by atoms with Crippen LogP contribution >= 0.6 is 11.6 Å². The largest absolute Gasteiger partial charge is 0.418 e. The van der Waals surface area contributed by atoms with E-state index in [1.165, 1.54) is 6.07 Å². The summed E-state index contributed by atoms with van der Waals surface area (Å²) in [5, 5.41) is 6.14. The molecule has 0 radical (unpaired) electrons. The molecule has 49 heavy (non-hydrogen) atoms. The summed E-state index contributed by atoms with van der Waals surface area (Å²) in [5.74, 6) is -1.32. The number of likely N-dealkylation sites (tertiary alicyclic amines) is 2. The number of alkyl halides is 3. The van der Waals surface area contributed by atoms with Gasteiger partial charge in [0, 0.05) is 83.1 Å². The first-order valence-electron chi connectivity index (χ1n) is 17.3. The summed E-state index contributed by atoms with van der Waals surface area (Å²) in [6, 6.07) is 10.2. The van der Waals surface area contributed by atoms with Gasteiger partial charge in [0.2, 0.25) is 11.8 Å². The number of anilines is 2. The molecular weight excluding hydrogens is 659 g/mol. The molecular formula is C35H45ClF3N7O3. The molecule has 1 unspecified atom stereocenters. The highest BCUT2D eigenvalue weighted by molar-refractivity contribution is 6.33. The minimum atomic E-state index is -4.72. The molecule has 14 heteroatoms. The van der Waals surface area contributed by atoms with Gasteiger partial charge in [-0.25, -0.2) is 4.79 Å². The molecule has 10 nitrogen and oxygen atoms in total. The van der Waals surface area contributed by atoms with Gasteiger partial charge >= 0.3 is 12.2 Å². The van der Waals surface area contributed by atoms with Gasteiger partial charge in [-0.2, -0.15) is 13.2 Å². The number of nitrogen functional groups attached to an aromatic ring is 1. The third-order valence-corrected chi connectivity index (χ3v) is 10.9. The van der Waals surface area contributed by atoms with Crippen molar-refractivity contribution in [2.45, 2.75) is 63.2 Å². The molecule has 4 aliphatic heterocycles. The second-order valence-corrected chi connectivity index (χ2v) is 14.0. The number of carbonyl (C=O) groups is 3. The molecule has 3 fully saturated rings. The highest BCUT2D eigenvalue weighted by Gasteiger charge is 2.37. The highest BCUT2D eigenvalue weighted by atomic mass is 35.5. The number of nitrogens with one attached hydrogen (secondary N) is 2. The van der Waals surface area contributed by atoms with Gasteiger partial charge in [0.15, 0.2) is 0 Å². The van der Waals surface area contributed by atoms with Crippen molar-refractivity contribution in [3.05, 3.63) is 58.1 Å². The Morgan fingerprint density at radius 1 is 0.918 bits per heavy atom. The van der Waals surface area contributed by atoms with Gasteiger partial charge in [0.05, 0.1) is 22.2 Å². The lowest BCUT2D eigenvalue weighted by Gasteiger charge is -2.41. The molecule has 0 bridgehead atoms. The van der Waals surface area contributed by atoms with Crippen molar-refractivity contribution in [2.24, 2.45) is 5.92 Å². The van der Waals surface area contributed by atoms with Crippen LogP contribution in [0, 0.1) is 5.92 Å². The van der Waals surface area contributed by atoms with Crippen LogP contribution < -0.4 is 16.4 Å². The van der Waals surface area contributed by atoms with E-state index in [0.29, 0.717) is 51.6 Å². The lowest BCUT2D eigenvalue weighted by atomic mass is 9.91. The molecule has 2 aromatic carbocycles. The molecule has 4 heterocycles. The van der Waals surface area contributed by atoms with Crippen molar-refractivity contribution in [3.63, 3.8) is 0 Å². The summed E-state index contributed by atoms with van der Waals surface area (Å²) < 4.78 is 41.4. The molecule has 6 rings (SSSR count). The molecule has 4 amide bonds. The third-order valence-electron chi connectivity index (χ3n) is 10.6. The van der Waals surface area contributed by atoms with Crippen LogP contribution in [0.1, 0.15) is 48.8 Å². The number of nitrogens with zero attached hydrogens (tertiary/aromatic N) is 4. The van der Waals surface area contributed by atoms with Gasteiger partial charge in [-0.05, 0) is 67.9 Å². The standard InChI is InChI=1S/C35H45ClF3N7O3/c36-29-21-23(20-28(32(29)40)35(37,38)39)19-25(33(48)45-14-6-26(7-15-45)43-17-10-41-11-18-43)22-31(47)44-12-8-27(9-13-44)46-16-5-24-3-1-2-4-30(24)42-34(46)49/h1-4,20-21,25-27,41H,5-19,22,40H2,(H,42,49). The number of halogens is 4. The predicted octanol–water partition coefficient (Wildman–Crippen LogP) is 4.47. The Morgan fingerprint density at radius 2 is 1.57 bits per heavy atom. The minimum Gasteiger partial charge on any atom is -0.397 e. The number of piperidine rings is 2. The maximum atomic E-state index is 14.1. The van der Waals surface area contributed by atoms with E-state index in [4.69, 9.17) is 17.3 Å². The molecule has 266 valence electrons. The Bertz CT molecular complexity index is 1520. The van der Waals surface area contributed by atoms with Crippen LogP contribution in [0.3, 0.4) is 0 Å². The van der Waals surface area contributed by atoms with E-state index in [-0.39, 0.29) is 47.3 Å². The number of hydrogen-bond acceptors (Lipinski definition) is 6. The number of benzene rings is 2. The number of nitrogens with two attached hydrogens (primary N) is 1. The van der Waals surface area contributed by atoms with E-state index >= 15 is 0 Å². The maximum absolute atomic E-state index is 14.1. The summed E-state index contributed by atoms with van der Waals surface area (Å²) in [6.07, 6.45) is -1.40. The molecule has 0 saturated carbocycles. The van der Waals surface area contributed by atoms with Crippen molar-refractivity contribution in [2.75, 3.05) is 70.0 Å². The van der Waals surface area contributed by atoms with Crippen LogP contribution in [0.2, 0.25) is 5.02 Å². The number of para-hydroxylation sites is 1. The SMILES string of the molecule is Nc1c(Cl)cc(CC(CC(=O)N2CCC(N3CCc4ccccc4NC3=O)CC2)C(=O)N2CCC(N3CCNCC3)CC2)cc1C(F)(F)F. The van der Waals surface area contributed by atoms with Gasteiger partial charge in [-0.1, -0.05) is 29.8 Å². The number of fused-ring (bicyclic) bond motifs is 1. The fraction of sp³-hybridized carbons (Fsp3) is 0.571. The van der Waals surface area contributed by atoms with Gasteiger partial charge < -0.3 is 31.1 Å². The zero-order valence-electron chi connectivity index (χ0n) is 27.6. The molecule has 0 spiro atoms. The summed E-state index contributed by atoms with van der Waals surface area (Å²) in [7, 11) is 0. The number of carbonyl (C=O) groups excluding carboxylic acids is 3. The quantitative estimate of drug-likeness (QED) is 0.367. The van der Waals surface area contributed by atoms with Crippen molar-refractivity contribution >= 4 is 40.8 Å².